The molecule has 1 aliphatic rings. The van der Waals surface area contributed by atoms with Crippen LogP contribution in [0.1, 0.15) is 48.7 Å². The number of aromatic nitrogens is 2. The first-order valence-electron chi connectivity index (χ1n) is 8.84. The van der Waals surface area contributed by atoms with Crippen molar-refractivity contribution in [3.05, 3.63) is 46.7 Å². The molecule has 3 rings (SSSR count). The summed E-state index contributed by atoms with van der Waals surface area (Å²) in [6, 6.07) is 7.53. The molecule has 0 unspecified atom stereocenters. The predicted octanol–water partition coefficient (Wildman–Crippen LogP) is 3.46. The van der Waals surface area contributed by atoms with E-state index < -0.39 is 0 Å². The number of benzene rings is 1. The lowest BCUT2D eigenvalue weighted by molar-refractivity contribution is 0.0692. The minimum absolute atomic E-state index is 0.0625. The molecule has 2 N–H and O–H groups in total. The van der Waals surface area contributed by atoms with E-state index in [0.717, 1.165) is 37.3 Å². The molecule has 0 radical (unpaired) electrons. The maximum Gasteiger partial charge on any atom is 0.257 e. The maximum atomic E-state index is 13.0. The molecule has 25 heavy (non-hydrogen) atoms. The van der Waals surface area contributed by atoms with E-state index >= 15 is 0 Å². The number of hydrogen-bond acceptors (Lipinski definition) is 3. The third kappa shape index (κ3) is 3.72. The van der Waals surface area contributed by atoms with E-state index in [-0.39, 0.29) is 11.8 Å². The van der Waals surface area contributed by atoms with Crippen molar-refractivity contribution in [2.45, 2.75) is 32.6 Å². The molecular weight excluding hydrogens is 336 g/mol. The van der Waals surface area contributed by atoms with Crippen molar-refractivity contribution in [3.8, 4) is 5.69 Å². The van der Waals surface area contributed by atoms with Gasteiger partial charge in [-0.3, -0.25) is 4.79 Å². The van der Waals surface area contributed by atoms with Crippen LogP contribution in [0.15, 0.2) is 30.5 Å². The Morgan fingerprint density at radius 2 is 2.08 bits per heavy atom. The van der Waals surface area contributed by atoms with Gasteiger partial charge in [-0.25, -0.2) is 4.68 Å². The molecule has 0 bridgehead atoms. The SMILES string of the molecule is CC(C)c1c(C(=O)N2CCC(CN)CC2)cnn1-c1cccc(Cl)c1. The summed E-state index contributed by atoms with van der Waals surface area (Å²) in [5.41, 5.74) is 8.23. The number of hydrogen-bond donors (Lipinski definition) is 1. The number of nitrogens with two attached hydrogens (primary N) is 1. The van der Waals surface area contributed by atoms with Gasteiger partial charge in [0.1, 0.15) is 0 Å². The molecule has 6 heteroatoms. The largest absolute Gasteiger partial charge is 0.339 e. The molecule has 1 fully saturated rings. The van der Waals surface area contributed by atoms with Crippen LogP contribution < -0.4 is 5.73 Å². The molecule has 1 aromatic heterocycles. The summed E-state index contributed by atoms with van der Waals surface area (Å²) in [4.78, 5) is 15.0. The summed E-state index contributed by atoms with van der Waals surface area (Å²) < 4.78 is 1.83. The maximum absolute atomic E-state index is 13.0. The van der Waals surface area contributed by atoms with Crippen LogP contribution in [0.5, 0.6) is 0 Å². The Morgan fingerprint density at radius 3 is 2.68 bits per heavy atom. The average Bonchev–Trinajstić information content (AvgIpc) is 3.06. The first-order valence-corrected chi connectivity index (χ1v) is 9.22. The zero-order chi connectivity index (χ0) is 18.0. The summed E-state index contributed by atoms with van der Waals surface area (Å²) in [6.45, 7) is 6.39. The van der Waals surface area contributed by atoms with Gasteiger partial charge in [-0.05, 0) is 49.4 Å². The third-order valence-corrected chi connectivity index (χ3v) is 5.11. The molecule has 134 valence electrons. The van der Waals surface area contributed by atoms with Crippen LogP contribution in [0.3, 0.4) is 0 Å². The fourth-order valence-corrected chi connectivity index (χ4v) is 3.62. The summed E-state index contributed by atoms with van der Waals surface area (Å²) in [5, 5.41) is 5.14. The summed E-state index contributed by atoms with van der Waals surface area (Å²) in [6.07, 6.45) is 3.64. The molecule has 0 aliphatic carbocycles. The number of rotatable bonds is 4. The van der Waals surface area contributed by atoms with Gasteiger partial charge in [0.2, 0.25) is 0 Å². The summed E-state index contributed by atoms with van der Waals surface area (Å²) in [7, 11) is 0. The van der Waals surface area contributed by atoms with Crippen LogP contribution in [0.4, 0.5) is 0 Å². The Hall–Kier alpha value is -1.85. The number of carbonyl (C=O) groups is 1. The Kier molecular flexibility index (Phi) is 5.45. The second-order valence-corrected chi connectivity index (χ2v) is 7.40. The molecule has 2 aromatic rings. The molecule has 1 aliphatic heterocycles. The highest BCUT2D eigenvalue weighted by Gasteiger charge is 2.27. The van der Waals surface area contributed by atoms with E-state index in [2.05, 4.69) is 18.9 Å². The van der Waals surface area contributed by atoms with Crippen LogP contribution in [0.25, 0.3) is 5.69 Å². The number of likely N-dealkylation sites (tertiary alicyclic amines) is 1. The molecule has 0 saturated carbocycles. The first kappa shape index (κ1) is 18.0. The fourth-order valence-electron chi connectivity index (χ4n) is 3.43. The van der Waals surface area contributed by atoms with Crippen molar-refractivity contribution in [2.24, 2.45) is 11.7 Å². The van der Waals surface area contributed by atoms with E-state index in [9.17, 15) is 4.79 Å². The highest BCUT2D eigenvalue weighted by atomic mass is 35.5. The molecule has 0 spiro atoms. The number of amides is 1. The third-order valence-electron chi connectivity index (χ3n) is 4.87. The van der Waals surface area contributed by atoms with Crippen LogP contribution in [0, 0.1) is 5.92 Å². The predicted molar refractivity (Wildman–Crippen MR) is 100 cm³/mol. The van der Waals surface area contributed by atoms with Crippen LogP contribution in [-0.4, -0.2) is 40.2 Å². The van der Waals surface area contributed by atoms with E-state index in [1.165, 1.54) is 0 Å². The van der Waals surface area contributed by atoms with Crippen LogP contribution in [0.2, 0.25) is 5.02 Å². The van der Waals surface area contributed by atoms with Crippen molar-refractivity contribution in [2.75, 3.05) is 19.6 Å². The first-order chi connectivity index (χ1) is 12.0. The average molecular weight is 361 g/mol. The van der Waals surface area contributed by atoms with E-state index in [1.54, 1.807) is 6.20 Å². The monoisotopic (exact) mass is 360 g/mol. The molecule has 5 nitrogen and oxygen atoms in total. The second kappa shape index (κ2) is 7.58. The molecular formula is C19H25ClN4O. The van der Waals surface area contributed by atoms with E-state index in [4.69, 9.17) is 17.3 Å². The van der Waals surface area contributed by atoms with Gasteiger partial charge in [-0.2, -0.15) is 5.10 Å². The number of piperidine rings is 1. The topological polar surface area (TPSA) is 64.2 Å². The number of nitrogens with zero attached hydrogens (tertiary/aromatic N) is 3. The van der Waals surface area contributed by atoms with Gasteiger partial charge in [-0.1, -0.05) is 31.5 Å². The Bertz CT molecular complexity index is 748. The Balaban J connectivity index is 1.91. The Labute approximate surface area is 153 Å². The van der Waals surface area contributed by atoms with Crippen molar-refractivity contribution >= 4 is 17.5 Å². The lowest BCUT2D eigenvalue weighted by Gasteiger charge is -2.31. The minimum atomic E-state index is 0.0625. The standard InChI is InChI=1S/C19H25ClN4O/c1-13(2)18-17(19(25)23-8-6-14(11-21)7-9-23)12-22-24(18)16-5-3-4-15(20)10-16/h3-5,10,12-14H,6-9,11,21H2,1-2H3. The minimum Gasteiger partial charge on any atom is -0.339 e. The smallest absolute Gasteiger partial charge is 0.257 e. The van der Waals surface area contributed by atoms with Gasteiger partial charge < -0.3 is 10.6 Å². The molecule has 2 heterocycles. The van der Waals surface area contributed by atoms with Gasteiger partial charge in [0.25, 0.3) is 5.91 Å². The normalized spacial score (nSPS) is 15.8. The van der Waals surface area contributed by atoms with Gasteiger partial charge in [0.05, 0.1) is 23.1 Å². The molecule has 1 amide bonds. The van der Waals surface area contributed by atoms with Gasteiger partial charge in [0.15, 0.2) is 0 Å². The molecule has 1 aromatic carbocycles. The van der Waals surface area contributed by atoms with Crippen molar-refractivity contribution in [3.63, 3.8) is 0 Å². The van der Waals surface area contributed by atoms with E-state index in [0.29, 0.717) is 23.0 Å². The molecule has 0 atom stereocenters. The number of halogens is 1. The fraction of sp³-hybridized carbons (Fsp3) is 0.474. The van der Waals surface area contributed by atoms with Gasteiger partial charge in [0, 0.05) is 18.1 Å². The summed E-state index contributed by atoms with van der Waals surface area (Å²) in [5.74, 6) is 0.761. The lowest BCUT2D eigenvalue weighted by Crippen LogP contribution is -2.40. The highest BCUT2D eigenvalue weighted by Crippen LogP contribution is 2.27. The van der Waals surface area contributed by atoms with Crippen molar-refractivity contribution in [1.82, 2.24) is 14.7 Å². The zero-order valence-corrected chi connectivity index (χ0v) is 15.5. The van der Waals surface area contributed by atoms with Crippen molar-refractivity contribution < 1.29 is 4.79 Å². The van der Waals surface area contributed by atoms with Gasteiger partial charge >= 0.3 is 0 Å². The van der Waals surface area contributed by atoms with Crippen LogP contribution >= 0.6 is 11.6 Å². The Morgan fingerprint density at radius 1 is 1.36 bits per heavy atom. The van der Waals surface area contributed by atoms with Crippen molar-refractivity contribution in [1.29, 1.82) is 0 Å². The second-order valence-electron chi connectivity index (χ2n) is 6.96. The summed E-state index contributed by atoms with van der Waals surface area (Å²) >= 11 is 6.12. The number of carbonyl (C=O) groups excluding carboxylic acids is 1. The highest BCUT2D eigenvalue weighted by molar-refractivity contribution is 6.30. The lowest BCUT2D eigenvalue weighted by atomic mass is 9.96. The van der Waals surface area contributed by atoms with Crippen LogP contribution in [-0.2, 0) is 0 Å². The zero-order valence-electron chi connectivity index (χ0n) is 14.8. The molecule has 1 saturated heterocycles. The quantitative estimate of drug-likeness (QED) is 0.908. The van der Waals surface area contributed by atoms with Gasteiger partial charge in [-0.15, -0.1) is 0 Å². The van der Waals surface area contributed by atoms with E-state index in [1.807, 2.05) is 33.8 Å².